The third-order valence-corrected chi connectivity index (χ3v) is 4.38. The lowest BCUT2D eigenvalue weighted by atomic mass is 10.0. The van der Waals surface area contributed by atoms with Gasteiger partial charge in [-0.3, -0.25) is 9.36 Å². The average Bonchev–Trinajstić information content (AvgIpc) is 2.89. The molecule has 0 aliphatic carbocycles. The van der Waals surface area contributed by atoms with Crippen molar-refractivity contribution in [1.82, 2.24) is 4.57 Å². The number of carbonyl (C=O) groups is 1. The first-order valence-electron chi connectivity index (χ1n) is 7.46. The van der Waals surface area contributed by atoms with Gasteiger partial charge in [-0.25, -0.2) is 0 Å². The molecule has 1 heterocycles. The Balaban J connectivity index is 2.21. The second-order valence-electron chi connectivity index (χ2n) is 5.58. The maximum absolute atomic E-state index is 12.3. The normalized spacial score (nSPS) is 11.2. The number of halogens is 1. The molecule has 0 radical (unpaired) electrons. The summed E-state index contributed by atoms with van der Waals surface area (Å²) in [7, 11) is 0. The molecule has 112 valence electrons. The van der Waals surface area contributed by atoms with Crippen LogP contribution in [0.2, 0.25) is 5.02 Å². The van der Waals surface area contributed by atoms with Gasteiger partial charge in [-0.15, -0.1) is 0 Å². The number of nitrogens with zero attached hydrogens (tertiary/aromatic N) is 1. The minimum atomic E-state index is 0.00526. The van der Waals surface area contributed by atoms with Crippen molar-refractivity contribution in [3.8, 4) is 11.1 Å². The van der Waals surface area contributed by atoms with E-state index in [0.717, 1.165) is 32.9 Å². The van der Waals surface area contributed by atoms with Crippen LogP contribution in [-0.4, -0.2) is 10.5 Å². The Bertz CT molecular complexity index is 1060. The van der Waals surface area contributed by atoms with Crippen molar-refractivity contribution in [1.29, 1.82) is 0 Å². The largest absolute Gasteiger partial charge is 0.279 e. The number of hydrogen-bond donors (Lipinski definition) is 0. The summed E-state index contributed by atoms with van der Waals surface area (Å²) in [6.45, 7) is 1.60. The molecular formula is C20H14ClNO. The molecule has 0 unspecified atom stereocenters. The number of fused-ring (bicyclic) bond motifs is 3. The molecule has 4 aromatic rings. The number of benzene rings is 3. The zero-order valence-corrected chi connectivity index (χ0v) is 13.3. The first-order chi connectivity index (χ1) is 11.2. The highest BCUT2D eigenvalue weighted by Gasteiger charge is 2.16. The molecule has 0 amide bonds. The van der Waals surface area contributed by atoms with E-state index in [1.54, 1.807) is 11.5 Å². The van der Waals surface area contributed by atoms with Gasteiger partial charge in [0.25, 0.3) is 0 Å². The molecule has 3 aromatic carbocycles. The molecule has 0 bridgehead atoms. The molecule has 0 saturated carbocycles. The predicted octanol–water partition coefficient (Wildman–Crippen LogP) is 5.78. The summed E-state index contributed by atoms with van der Waals surface area (Å²) in [5.41, 5.74) is 3.89. The third-order valence-electron chi connectivity index (χ3n) is 4.15. The van der Waals surface area contributed by atoms with E-state index in [-0.39, 0.29) is 5.91 Å². The summed E-state index contributed by atoms with van der Waals surface area (Å²) in [5, 5.41) is 2.85. The van der Waals surface area contributed by atoms with Gasteiger partial charge in [0, 0.05) is 28.3 Å². The first kappa shape index (κ1) is 14.0. The van der Waals surface area contributed by atoms with Crippen molar-refractivity contribution in [2.45, 2.75) is 6.92 Å². The van der Waals surface area contributed by atoms with Crippen molar-refractivity contribution >= 4 is 39.3 Å². The fourth-order valence-corrected chi connectivity index (χ4v) is 3.42. The average molecular weight is 320 g/mol. The summed E-state index contributed by atoms with van der Waals surface area (Å²) in [5.74, 6) is 0.00526. The zero-order chi connectivity index (χ0) is 16.0. The van der Waals surface area contributed by atoms with E-state index in [4.69, 9.17) is 11.6 Å². The summed E-state index contributed by atoms with van der Waals surface area (Å²) in [6, 6.07) is 21.8. The summed E-state index contributed by atoms with van der Waals surface area (Å²) >= 11 is 6.15. The van der Waals surface area contributed by atoms with Crippen molar-refractivity contribution in [3.63, 3.8) is 0 Å². The molecule has 0 spiro atoms. The van der Waals surface area contributed by atoms with Gasteiger partial charge in [0.2, 0.25) is 5.91 Å². The van der Waals surface area contributed by atoms with E-state index in [2.05, 4.69) is 12.1 Å². The molecule has 0 N–H and O–H groups in total. The van der Waals surface area contributed by atoms with Crippen LogP contribution in [-0.2, 0) is 0 Å². The number of rotatable bonds is 1. The number of para-hydroxylation sites is 2. The Morgan fingerprint density at radius 3 is 2.43 bits per heavy atom. The van der Waals surface area contributed by atoms with Crippen LogP contribution in [0.5, 0.6) is 0 Å². The highest BCUT2D eigenvalue weighted by Crippen LogP contribution is 2.36. The molecule has 2 nitrogen and oxygen atoms in total. The Hall–Kier alpha value is -2.58. The standard InChI is InChI=1S/C20H14ClNO/c1-13(23)22-19-11-3-2-8-17(19)18-10-5-9-16(20(18)22)14-6-4-7-15(21)12-14/h2-12H,1H3. The Kier molecular flexibility index (Phi) is 3.21. The molecule has 0 aliphatic heterocycles. The molecule has 0 saturated heterocycles. The molecule has 0 fully saturated rings. The van der Waals surface area contributed by atoms with Gasteiger partial charge in [-0.05, 0) is 23.8 Å². The molecule has 23 heavy (non-hydrogen) atoms. The Morgan fingerprint density at radius 1 is 0.913 bits per heavy atom. The molecule has 3 heteroatoms. The fraction of sp³-hybridized carbons (Fsp3) is 0.0500. The van der Waals surface area contributed by atoms with Crippen LogP contribution >= 0.6 is 11.6 Å². The van der Waals surface area contributed by atoms with E-state index in [1.165, 1.54) is 0 Å². The Labute approximate surface area is 138 Å². The predicted molar refractivity (Wildman–Crippen MR) is 96.2 cm³/mol. The van der Waals surface area contributed by atoms with Gasteiger partial charge in [0.05, 0.1) is 11.0 Å². The number of hydrogen-bond acceptors (Lipinski definition) is 1. The van der Waals surface area contributed by atoms with E-state index < -0.39 is 0 Å². The minimum absolute atomic E-state index is 0.00526. The summed E-state index contributed by atoms with van der Waals surface area (Å²) in [6.07, 6.45) is 0. The molecular weight excluding hydrogens is 306 g/mol. The quantitative estimate of drug-likeness (QED) is 0.436. The second-order valence-corrected chi connectivity index (χ2v) is 6.02. The SMILES string of the molecule is CC(=O)n1c2ccccc2c2cccc(-c3cccc(Cl)c3)c21. The first-order valence-corrected chi connectivity index (χ1v) is 7.83. The smallest absolute Gasteiger partial charge is 0.228 e. The molecule has 0 aliphatic rings. The van der Waals surface area contributed by atoms with Crippen LogP contribution in [0, 0.1) is 0 Å². The maximum atomic E-state index is 12.3. The van der Waals surface area contributed by atoms with Crippen LogP contribution in [0.4, 0.5) is 0 Å². The monoisotopic (exact) mass is 319 g/mol. The van der Waals surface area contributed by atoms with Crippen molar-refractivity contribution in [3.05, 3.63) is 71.8 Å². The highest BCUT2D eigenvalue weighted by atomic mass is 35.5. The molecule has 0 atom stereocenters. The zero-order valence-electron chi connectivity index (χ0n) is 12.6. The van der Waals surface area contributed by atoms with Crippen LogP contribution in [0.15, 0.2) is 66.7 Å². The van der Waals surface area contributed by atoms with E-state index in [0.29, 0.717) is 5.02 Å². The van der Waals surface area contributed by atoms with Crippen LogP contribution in [0.1, 0.15) is 11.7 Å². The summed E-state index contributed by atoms with van der Waals surface area (Å²) in [4.78, 5) is 12.3. The van der Waals surface area contributed by atoms with Crippen molar-refractivity contribution in [2.24, 2.45) is 0 Å². The van der Waals surface area contributed by atoms with Gasteiger partial charge < -0.3 is 0 Å². The minimum Gasteiger partial charge on any atom is -0.279 e. The Morgan fingerprint density at radius 2 is 1.65 bits per heavy atom. The van der Waals surface area contributed by atoms with Gasteiger partial charge in [-0.2, -0.15) is 0 Å². The number of aromatic nitrogens is 1. The van der Waals surface area contributed by atoms with Gasteiger partial charge in [0.1, 0.15) is 0 Å². The second kappa shape index (κ2) is 5.25. The lowest BCUT2D eigenvalue weighted by Gasteiger charge is -2.08. The van der Waals surface area contributed by atoms with E-state index in [9.17, 15) is 4.79 Å². The summed E-state index contributed by atoms with van der Waals surface area (Å²) < 4.78 is 1.79. The van der Waals surface area contributed by atoms with Gasteiger partial charge >= 0.3 is 0 Å². The van der Waals surface area contributed by atoms with Crippen LogP contribution in [0.3, 0.4) is 0 Å². The van der Waals surface area contributed by atoms with E-state index in [1.807, 2.05) is 54.6 Å². The maximum Gasteiger partial charge on any atom is 0.228 e. The topological polar surface area (TPSA) is 22.0 Å². The third kappa shape index (κ3) is 2.14. The lowest BCUT2D eigenvalue weighted by molar-refractivity contribution is 0.0946. The van der Waals surface area contributed by atoms with Crippen molar-refractivity contribution in [2.75, 3.05) is 0 Å². The van der Waals surface area contributed by atoms with Gasteiger partial charge in [-0.1, -0.05) is 60.1 Å². The lowest BCUT2D eigenvalue weighted by Crippen LogP contribution is -2.05. The van der Waals surface area contributed by atoms with E-state index >= 15 is 0 Å². The van der Waals surface area contributed by atoms with Crippen molar-refractivity contribution < 1.29 is 4.79 Å². The fourth-order valence-electron chi connectivity index (χ4n) is 3.23. The molecule has 4 rings (SSSR count). The number of carbonyl (C=O) groups excluding carboxylic acids is 1. The molecule has 1 aromatic heterocycles. The van der Waals surface area contributed by atoms with Gasteiger partial charge in [0.15, 0.2) is 0 Å². The van der Waals surface area contributed by atoms with Crippen LogP contribution < -0.4 is 0 Å². The highest BCUT2D eigenvalue weighted by molar-refractivity contribution is 6.31. The van der Waals surface area contributed by atoms with Crippen LogP contribution in [0.25, 0.3) is 32.9 Å².